The minimum Gasteiger partial charge on any atom is -0.370 e. The first-order valence-electron chi connectivity index (χ1n) is 7.93. The summed E-state index contributed by atoms with van der Waals surface area (Å²) in [4.78, 5) is 25.5. The van der Waals surface area contributed by atoms with E-state index in [9.17, 15) is 9.59 Å². The van der Waals surface area contributed by atoms with Crippen LogP contribution in [0.15, 0.2) is 30.3 Å². The summed E-state index contributed by atoms with van der Waals surface area (Å²) >= 11 is 0. The topological polar surface area (TPSA) is 99.3 Å². The third-order valence-electron chi connectivity index (χ3n) is 4.39. The number of rotatable bonds is 6. The van der Waals surface area contributed by atoms with Crippen LogP contribution in [0.5, 0.6) is 0 Å². The molecule has 132 valence electrons. The van der Waals surface area contributed by atoms with Gasteiger partial charge in [-0.3, -0.25) is 19.9 Å². The van der Waals surface area contributed by atoms with Crippen LogP contribution in [-0.4, -0.2) is 34.8 Å². The van der Waals surface area contributed by atoms with Crippen LogP contribution >= 0.6 is 12.4 Å². The molecule has 0 aliphatic carbocycles. The quantitative estimate of drug-likeness (QED) is 0.412. The van der Waals surface area contributed by atoms with Crippen molar-refractivity contribution >= 4 is 30.2 Å². The number of nitrogens with zero attached hydrogens (tertiary/aromatic N) is 1. The van der Waals surface area contributed by atoms with Crippen LogP contribution < -0.4 is 11.1 Å². The Labute approximate surface area is 148 Å². The second-order valence-electron chi connectivity index (χ2n) is 5.92. The summed E-state index contributed by atoms with van der Waals surface area (Å²) in [6.07, 6.45) is 2.19. The highest BCUT2D eigenvalue weighted by Gasteiger charge is 2.52. The number of imide groups is 1. The van der Waals surface area contributed by atoms with E-state index in [1.807, 2.05) is 37.3 Å². The smallest absolute Gasteiger partial charge is 0.236 e. The van der Waals surface area contributed by atoms with Crippen molar-refractivity contribution in [2.45, 2.75) is 45.2 Å². The molecule has 7 heteroatoms. The first kappa shape index (κ1) is 20.0. The van der Waals surface area contributed by atoms with Crippen LogP contribution in [0.25, 0.3) is 0 Å². The predicted octanol–water partition coefficient (Wildman–Crippen LogP) is 1.68. The number of aryl methyl sites for hydroxylation is 1. The highest BCUT2D eigenvalue weighted by Crippen LogP contribution is 2.34. The van der Waals surface area contributed by atoms with E-state index in [0.29, 0.717) is 6.42 Å². The number of halogens is 1. The molecule has 6 nitrogen and oxygen atoms in total. The zero-order chi connectivity index (χ0) is 17.0. The average Bonchev–Trinajstić information content (AvgIpc) is 2.50. The van der Waals surface area contributed by atoms with Crippen molar-refractivity contribution < 1.29 is 9.59 Å². The van der Waals surface area contributed by atoms with Crippen molar-refractivity contribution in [2.24, 2.45) is 11.7 Å². The molecule has 1 aromatic rings. The molecule has 3 atom stereocenters. The number of amides is 2. The number of carbonyl (C=O) groups excluding carboxylic acids is 2. The molecule has 4 N–H and O–H groups in total. The van der Waals surface area contributed by atoms with Crippen molar-refractivity contribution in [3.63, 3.8) is 0 Å². The Hall–Kier alpha value is -2.08. The van der Waals surface area contributed by atoms with Crippen LogP contribution in [0.2, 0.25) is 0 Å². The lowest BCUT2D eigenvalue weighted by molar-refractivity contribution is -0.167. The SMILES string of the molecule is CCC(NC(=N)N)[C@H]1C(=O)N(C(C)=O)[C@@H]1CCc1ccccc1.Cl. The number of likely N-dealkylation sites (tertiary alicyclic amines) is 1. The Balaban J connectivity index is 0.00000288. The van der Waals surface area contributed by atoms with E-state index in [4.69, 9.17) is 11.1 Å². The molecule has 1 unspecified atom stereocenters. The van der Waals surface area contributed by atoms with Gasteiger partial charge in [-0.15, -0.1) is 12.4 Å². The van der Waals surface area contributed by atoms with Gasteiger partial charge in [-0.05, 0) is 24.8 Å². The van der Waals surface area contributed by atoms with Gasteiger partial charge in [0.25, 0.3) is 0 Å². The lowest BCUT2D eigenvalue weighted by Gasteiger charge is -2.48. The van der Waals surface area contributed by atoms with Crippen molar-refractivity contribution in [1.29, 1.82) is 5.41 Å². The molecule has 1 fully saturated rings. The first-order valence-corrected chi connectivity index (χ1v) is 7.93. The van der Waals surface area contributed by atoms with E-state index in [1.54, 1.807) is 0 Å². The molecule has 0 bridgehead atoms. The second kappa shape index (κ2) is 8.68. The summed E-state index contributed by atoms with van der Waals surface area (Å²) in [5.74, 6) is -0.845. The molecule has 2 rings (SSSR count). The fraction of sp³-hybridized carbons (Fsp3) is 0.471. The van der Waals surface area contributed by atoms with Crippen LogP contribution in [0.3, 0.4) is 0 Å². The highest BCUT2D eigenvalue weighted by atomic mass is 35.5. The molecular formula is C17H25ClN4O2. The molecule has 0 spiro atoms. The Kier molecular flexibility index (Phi) is 7.22. The van der Waals surface area contributed by atoms with Crippen molar-refractivity contribution in [1.82, 2.24) is 10.2 Å². The van der Waals surface area contributed by atoms with Gasteiger partial charge in [-0.2, -0.15) is 0 Å². The largest absolute Gasteiger partial charge is 0.370 e. The monoisotopic (exact) mass is 352 g/mol. The van der Waals surface area contributed by atoms with Gasteiger partial charge in [0.1, 0.15) is 0 Å². The Morgan fingerprint density at radius 3 is 2.50 bits per heavy atom. The van der Waals surface area contributed by atoms with Crippen molar-refractivity contribution in [3.05, 3.63) is 35.9 Å². The Morgan fingerprint density at radius 1 is 1.38 bits per heavy atom. The van der Waals surface area contributed by atoms with Gasteiger partial charge in [0.15, 0.2) is 5.96 Å². The number of nitrogens with two attached hydrogens (primary N) is 1. The van der Waals surface area contributed by atoms with Gasteiger partial charge in [-0.25, -0.2) is 0 Å². The third kappa shape index (κ3) is 4.26. The number of hydrogen-bond donors (Lipinski definition) is 3. The van der Waals surface area contributed by atoms with Crippen LogP contribution in [0, 0.1) is 11.3 Å². The Morgan fingerprint density at radius 2 is 2.00 bits per heavy atom. The van der Waals surface area contributed by atoms with Crippen LogP contribution in [0.4, 0.5) is 0 Å². The number of hydrogen-bond acceptors (Lipinski definition) is 3. The molecule has 1 aliphatic heterocycles. The highest BCUT2D eigenvalue weighted by molar-refractivity contribution is 6.01. The third-order valence-corrected chi connectivity index (χ3v) is 4.39. The number of nitrogens with one attached hydrogen (secondary N) is 2. The van der Waals surface area contributed by atoms with Gasteiger partial charge in [0.05, 0.1) is 12.0 Å². The fourth-order valence-electron chi connectivity index (χ4n) is 3.31. The summed E-state index contributed by atoms with van der Waals surface area (Å²) < 4.78 is 0. The van der Waals surface area contributed by atoms with Crippen LogP contribution in [0.1, 0.15) is 32.3 Å². The zero-order valence-electron chi connectivity index (χ0n) is 14.0. The minimum atomic E-state index is -0.309. The normalized spacial score (nSPS) is 20.6. The molecule has 0 radical (unpaired) electrons. The molecule has 1 heterocycles. The molecular weight excluding hydrogens is 328 g/mol. The lowest BCUT2D eigenvalue weighted by Crippen LogP contribution is -2.68. The van der Waals surface area contributed by atoms with Gasteiger partial charge in [-0.1, -0.05) is 37.3 Å². The van der Waals surface area contributed by atoms with Crippen molar-refractivity contribution in [3.8, 4) is 0 Å². The maximum absolute atomic E-state index is 12.4. The van der Waals surface area contributed by atoms with Crippen molar-refractivity contribution in [2.75, 3.05) is 0 Å². The second-order valence-corrected chi connectivity index (χ2v) is 5.92. The fourth-order valence-corrected chi connectivity index (χ4v) is 3.31. The van der Waals surface area contributed by atoms with Gasteiger partial charge >= 0.3 is 0 Å². The van der Waals surface area contributed by atoms with E-state index in [1.165, 1.54) is 17.4 Å². The number of guanidine groups is 1. The first-order chi connectivity index (χ1) is 11.0. The summed E-state index contributed by atoms with van der Waals surface area (Å²) in [6, 6.07) is 9.65. The van der Waals surface area contributed by atoms with E-state index < -0.39 is 0 Å². The molecule has 1 aliphatic rings. The summed E-state index contributed by atoms with van der Waals surface area (Å²) in [5, 5.41) is 10.3. The van der Waals surface area contributed by atoms with E-state index in [2.05, 4.69) is 5.32 Å². The number of benzene rings is 1. The van der Waals surface area contributed by atoms with Crippen LogP contribution in [-0.2, 0) is 16.0 Å². The molecule has 24 heavy (non-hydrogen) atoms. The maximum Gasteiger partial charge on any atom is 0.236 e. The van der Waals surface area contributed by atoms with E-state index in [-0.39, 0.29) is 48.2 Å². The molecule has 1 saturated heterocycles. The number of carbonyl (C=O) groups is 2. The molecule has 1 aromatic carbocycles. The Bertz CT molecular complexity index is 594. The van der Waals surface area contributed by atoms with Gasteiger partial charge in [0, 0.05) is 13.0 Å². The van der Waals surface area contributed by atoms with E-state index >= 15 is 0 Å². The minimum absolute atomic E-state index is 0. The van der Waals surface area contributed by atoms with E-state index in [0.717, 1.165) is 12.8 Å². The zero-order valence-corrected chi connectivity index (χ0v) is 14.8. The standard InChI is InChI=1S/C17H24N4O2.ClH/c1-3-13(20-17(18)19)15-14(21(11(2)22)16(15)23)10-9-12-7-5-4-6-8-12;/h4-8,13-15H,3,9-10H2,1-2H3,(H4,18,19,20);1H/t13?,14-,15-;/m1./s1. The average molecular weight is 353 g/mol. The van der Waals surface area contributed by atoms with Gasteiger partial charge < -0.3 is 11.1 Å². The molecule has 0 aromatic heterocycles. The summed E-state index contributed by atoms with van der Waals surface area (Å²) in [7, 11) is 0. The molecule has 2 amide bonds. The predicted molar refractivity (Wildman–Crippen MR) is 95.9 cm³/mol. The van der Waals surface area contributed by atoms with Gasteiger partial charge in [0.2, 0.25) is 11.8 Å². The molecule has 0 saturated carbocycles. The number of β-lactam (4-membered cyclic amide) rings is 1. The summed E-state index contributed by atoms with van der Waals surface area (Å²) in [6.45, 7) is 3.36. The lowest BCUT2D eigenvalue weighted by atomic mass is 9.77. The summed E-state index contributed by atoms with van der Waals surface area (Å²) in [5.41, 5.74) is 6.60. The maximum atomic E-state index is 12.4.